The summed E-state index contributed by atoms with van der Waals surface area (Å²) in [6.45, 7) is 1.83. The molecule has 0 bridgehead atoms. The third kappa shape index (κ3) is 0.283. The molecule has 2 unspecified atom stereocenters. The van der Waals surface area contributed by atoms with E-state index in [1.807, 2.05) is 6.92 Å². The lowest BCUT2D eigenvalue weighted by molar-refractivity contribution is -0.412. The lowest BCUT2D eigenvalue weighted by Crippen LogP contribution is -2.86. The molecule has 0 heterocycles. The first-order valence-electron chi connectivity index (χ1n) is 5.23. The Morgan fingerprint density at radius 2 is 1.75 bits per heavy atom. The molecule has 1 spiro atoms. The lowest BCUT2D eigenvalue weighted by atomic mass is 9.13. The van der Waals surface area contributed by atoms with Crippen LogP contribution in [0, 0.1) is 28.6 Å². The number of ketones is 1. The molecule has 0 aromatic rings. The smallest absolute Gasteiger partial charge is 0.136 e. The molecule has 0 saturated heterocycles. The van der Waals surface area contributed by atoms with Gasteiger partial charge in [-0.05, 0) is 55.8 Å². The Labute approximate surface area is 72.5 Å². The highest BCUT2D eigenvalue weighted by Crippen LogP contribution is 2.92. The second kappa shape index (κ2) is 1.30. The number of carbonyl (C=O) groups excluding carboxylic acids is 1. The van der Waals surface area contributed by atoms with Gasteiger partial charge in [-0.1, -0.05) is 0 Å². The van der Waals surface area contributed by atoms with Crippen molar-refractivity contribution in [3.63, 3.8) is 0 Å². The molecule has 4 fully saturated rings. The first kappa shape index (κ1) is 6.17. The molecule has 0 radical (unpaired) electrons. The van der Waals surface area contributed by atoms with E-state index < -0.39 is 0 Å². The van der Waals surface area contributed by atoms with E-state index in [0.29, 0.717) is 11.2 Å². The standard InChI is InChI=1S/C11H14O/c1-6(12)10-4-8-2-7-3-9(5-10)11(7,8)10/h7-9H,2-5H2,1H3. The van der Waals surface area contributed by atoms with Crippen molar-refractivity contribution in [2.24, 2.45) is 28.6 Å². The number of hydrogen-bond acceptors (Lipinski definition) is 1. The van der Waals surface area contributed by atoms with Gasteiger partial charge in [-0.2, -0.15) is 0 Å². The van der Waals surface area contributed by atoms with Gasteiger partial charge < -0.3 is 0 Å². The summed E-state index contributed by atoms with van der Waals surface area (Å²) in [4.78, 5) is 11.6. The maximum atomic E-state index is 11.6. The molecule has 1 heteroatoms. The Morgan fingerprint density at radius 1 is 1.17 bits per heavy atom. The molecule has 4 saturated carbocycles. The fraction of sp³-hybridized carbons (Fsp3) is 0.909. The monoisotopic (exact) mass is 162 g/mol. The Morgan fingerprint density at radius 3 is 2.00 bits per heavy atom. The molecule has 64 valence electrons. The molecule has 4 rings (SSSR count). The van der Waals surface area contributed by atoms with Crippen LogP contribution >= 0.6 is 0 Å². The van der Waals surface area contributed by atoms with E-state index in [-0.39, 0.29) is 5.41 Å². The van der Waals surface area contributed by atoms with E-state index in [1.54, 1.807) is 0 Å². The van der Waals surface area contributed by atoms with Gasteiger partial charge >= 0.3 is 0 Å². The molecule has 1 nitrogen and oxygen atoms in total. The van der Waals surface area contributed by atoms with Crippen LogP contribution in [0.4, 0.5) is 0 Å². The summed E-state index contributed by atoms with van der Waals surface area (Å²) in [5.74, 6) is 3.47. The van der Waals surface area contributed by atoms with Gasteiger partial charge in [0.25, 0.3) is 0 Å². The van der Waals surface area contributed by atoms with E-state index in [9.17, 15) is 4.79 Å². The lowest BCUT2D eigenvalue weighted by Gasteiger charge is -2.90. The third-order valence-electron chi connectivity index (χ3n) is 5.86. The van der Waals surface area contributed by atoms with Crippen LogP contribution in [-0.4, -0.2) is 5.78 Å². The predicted molar refractivity (Wildman–Crippen MR) is 44.5 cm³/mol. The minimum Gasteiger partial charge on any atom is -0.299 e. The summed E-state index contributed by atoms with van der Waals surface area (Å²) < 4.78 is 0. The highest BCUT2D eigenvalue weighted by atomic mass is 16.1. The number of rotatable bonds is 1. The van der Waals surface area contributed by atoms with Crippen molar-refractivity contribution in [2.45, 2.75) is 32.6 Å². The van der Waals surface area contributed by atoms with Crippen molar-refractivity contribution in [3.05, 3.63) is 0 Å². The number of carbonyl (C=O) groups is 1. The van der Waals surface area contributed by atoms with Gasteiger partial charge in [0.05, 0.1) is 0 Å². The number of hydrogen-bond donors (Lipinski definition) is 0. The Bertz CT molecular complexity index is 279. The second-order valence-corrected chi connectivity index (χ2v) is 5.54. The van der Waals surface area contributed by atoms with E-state index in [0.717, 1.165) is 17.8 Å². The zero-order valence-electron chi connectivity index (χ0n) is 7.47. The highest BCUT2D eigenvalue weighted by molar-refractivity contribution is 5.87. The van der Waals surface area contributed by atoms with E-state index in [4.69, 9.17) is 0 Å². The van der Waals surface area contributed by atoms with E-state index in [2.05, 4.69) is 0 Å². The van der Waals surface area contributed by atoms with Crippen molar-refractivity contribution in [2.75, 3.05) is 0 Å². The SMILES string of the molecule is CC(=O)C12CC3CC4CC(C1)C432. The molecule has 2 atom stereocenters. The van der Waals surface area contributed by atoms with Crippen LogP contribution in [0.5, 0.6) is 0 Å². The van der Waals surface area contributed by atoms with Gasteiger partial charge in [-0.25, -0.2) is 0 Å². The molecular formula is C11H14O. The van der Waals surface area contributed by atoms with Crippen molar-refractivity contribution >= 4 is 5.78 Å². The van der Waals surface area contributed by atoms with Crippen molar-refractivity contribution < 1.29 is 4.79 Å². The quantitative estimate of drug-likeness (QED) is 0.576. The largest absolute Gasteiger partial charge is 0.299 e. The normalized spacial score (nSPS) is 68.9. The molecule has 4 aliphatic carbocycles. The van der Waals surface area contributed by atoms with Crippen LogP contribution in [0.1, 0.15) is 32.6 Å². The Hall–Kier alpha value is -0.330. The molecule has 0 amide bonds. The summed E-state index contributed by atoms with van der Waals surface area (Å²) in [5.41, 5.74) is 0.863. The minimum absolute atomic E-state index is 0.240. The van der Waals surface area contributed by atoms with Gasteiger partial charge in [0.15, 0.2) is 0 Å². The van der Waals surface area contributed by atoms with Crippen LogP contribution in [0.3, 0.4) is 0 Å². The molecule has 0 aliphatic heterocycles. The van der Waals surface area contributed by atoms with Gasteiger partial charge in [-0.3, -0.25) is 4.79 Å². The third-order valence-corrected chi connectivity index (χ3v) is 5.86. The zero-order valence-corrected chi connectivity index (χ0v) is 7.47. The van der Waals surface area contributed by atoms with Crippen molar-refractivity contribution in [1.29, 1.82) is 0 Å². The summed E-state index contributed by atoms with van der Waals surface area (Å²) in [6, 6.07) is 0. The topological polar surface area (TPSA) is 17.1 Å². The van der Waals surface area contributed by atoms with Crippen molar-refractivity contribution in [3.8, 4) is 0 Å². The second-order valence-electron chi connectivity index (χ2n) is 5.54. The fourth-order valence-corrected chi connectivity index (χ4v) is 5.53. The van der Waals surface area contributed by atoms with Crippen LogP contribution in [0.15, 0.2) is 0 Å². The van der Waals surface area contributed by atoms with Crippen LogP contribution in [0.25, 0.3) is 0 Å². The summed E-state index contributed by atoms with van der Waals surface area (Å²) in [7, 11) is 0. The van der Waals surface area contributed by atoms with E-state index in [1.165, 1.54) is 25.7 Å². The minimum atomic E-state index is 0.240. The summed E-state index contributed by atoms with van der Waals surface area (Å²) in [5, 5.41) is 0. The molecule has 4 aliphatic rings. The van der Waals surface area contributed by atoms with Crippen LogP contribution in [-0.2, 0) is 4.79 Å². The highest BCUT2D eigenvalue weighted by Gasteiger charge is 2.88. The summed E-state index contributed by atoms with van der Waals surface area (Å²) in [6.07, 6.45) is 5.45. The zero-order chi connectivity index (χ0) is 8.14. The summed E-state index contributed by atoms with van der Waals surface area (Å²) >= 11 is 0. The molecule has 0 aromatic carbocycles. The van der Waals surface area contributed by atoms with Gasteiger partial charge in [0, 0.05) is 5.41 Å². The van der Waals surface area contributed by atoms with E-state index >= 15 is 0 Å². The number of Topliss-reactive ketones (excluding diaryl/α,β-unsaturated/α-hetero) is 1. The van der Waals surface area contributed by atoms with Crippen LogP contribution < -0.4 is 0 Å². The Kier molecular flexibility index (Phi) is 0.670. The molecular weight excluding hydrogens is 148 g/mol. The average Bonchev–Trinajstić information content (AvgIpc) is 1.78. The first-order valence-corrected chi connectivity index (χ1v) is 5.23. The molecule has 12 heavy (non-hydrogen) atoms. The van der Waals surface area contributed by atoms with Gasteiger partial charge in [0.2, 0.25) is 0 Å². The average molecular weight is 162 g/mol. The fourth-order valence-electron chi connectivity index (χ4n) is 5.53. The predicted octanol–water partition coefficient (Wildman–Crippen LogP) is 2.01. The van der Waals surface area contributed by atoms with Crippen LogP contribution in [0.2, 0.25) is 0 Å². The Balaban J connectivity index is 1.83. The molecule has 0 aromatic heterocycles. The van der Waals surface area contributed by atoms with Crippen molar-refractivity contribution in [1.82, 2.24) is 0 Å². The molecule has 0 N–H and O–H groups in total. The van der Waals surface area contributed by atoms with Gasteiger partial charge in [0.1, 0.15) is 5.78 Å². The maximum absolute atomic E-state index is 11.6. The van der Waals surface area contributed by atoms with Gasteiger partial charge in [-0.15, -0.1) is 0 Å². The first-order chi connectivity index (χ1) is 5.72. The maximum Gasteiger partial charge on any atom is 0.136 e.